The van der Waals surface area contributed by atoms with Gasteiger partial charge < -0.3 is 15.0 Å². The molecule has 1 amide bonds. The molecule has 3 aromatic rings. The van der Waals surface area contributed by atoms with Gasteiger partial charge in [-0.1, -0.05) is 29.3 Å². The Balaban J connectivity index is 1.71. The van der Waals surface area contributed by atoms with Crippen molar-refractivity contribution in [2.24, 2.45) is 0 Å². The molecule has 1 aromatic heterocycles. The summed E-state index contributed by atoms with van der Waals surface area (Å²) >= 11 is 12.1. The third-order valence-electron chi connectivity index (χ3n) is 4.88. The summed E-state index contributed by atoms with van der Waals surface area (Å²) in [6.45, 7) is 1.88. The Bertz CT molecular complexity index is 1150. The third kappa shape index (κ3) is 4.53. The van der Waals surface area contributed by atoms with Gasteiger partial charge in [-0.15, -0.1) is 10.2 Å². The maximum atomic E-state index is 13.3. The predicted molar refractivity (Wildman–Crippen MR) is 112 cm³/mol. The highest BCUT2D eigenvalue weighted by Crippen LogP contribution is 2.36. The Morgan fingerprint density at radius 3 is 2.35 bits per heavy atom. The number of nitrogens with one attached hydrogen (secondary N) is 1. The highest BCUT2D eigenvalue weighted by molar-refractivity contribution is 6.38. The van der Waals surface area contributed by atoms with Crippen LogP contribution in [0.15, 0.2) is 36.4 Å². The molecule has 6 nitrogen and oxygen atoms in total. The Labute approximate surface area is 184 Å². The van der Waals surface area contributed by atoms with Gasteiger partial charge in [0.1, 0.15) is 0 Å². The Hall–Kier alpha value is -2.62. The molecule has 31 heavy (non-hydrogen) atoms. The van der Waals surface area contributed by atoms with E-state index in [0.29, 0.717) is 42.8 Å². The minimum Gasteiger partial charge on any atom is -0.378 e. The van der Waals surface area contributed by atoms with Crippen LogP contribution in [0.5, 0.6) is 0 Å². The lowest BCUT2D eigenvalue weighted by atomic mass is 10.1. The van der Waals surface area contributed by atoms with Crippen molar-refractivity contribution in [3.05, 3.63) is 57.8 Å². The Kier molecular flexibility index (Phi) is 5.92. The number of alkyl halides is 3. The van der Waals surface area contributed by atoms with Crippen molar-refractivity contribution in [3.8, 4) is 0 Å². The molecule has 0 aliphatic carbocycles. The molecule has 0 radical (unpaired) electrons. The van der Waals surface area contributed by atoms with E-state index in [1.54, 1.807) is 6.07 Å². The molecule has 11 heteroatoms. The SMILES string of the molecule is O=C(Nc1cc(C(F)(F)F)ccc1N1CCOCC1)c1ccc2c(Cl)nnc(Cl)c2c1. The first kappa shape index (κ1) is 21.6. The maximum Gasteiger partial charge on any atom is 0.416 e. The number of amides is 1. The van der Waals surface area contributed by atoms with Crippen molar-refractivity contribution in [2.75, 3.05) is 36.5 Å². The van der Waals surface area contributed by atoms with Crippen LogP contribution in [0.3, 0.4) is 0 Å². The summed E-state index contributed by atoms with van der Waals surface area (Å²) in [6, 6.07) is 7.80. The van der Waals surface area contributed by atoms with Gasteiger partial charge in [0.05, 0.1) is 30.2 Å². The molecule has 1 N–H and O–H groups in total. The highest BCUT2D eigenvalue weighted by atomic mass is 35.5. The zero-order chi connectivity index (χ0) is 22.2. The Morgan fingerprint density at radius 1 is 1.00 bits per heavy atom. The Morgan fingerprint density at radius 2 is 1.68 bits per heavy atom. The van der Waals surface area contributed by atoms with E-state index in [1.807, 2.05) is 4.90 Å². The van der Waals surface area contributed by atoms with Gasteiger partial charge in [0.2, 0.25) is 0 Å². The van der Waals surface area contributed by atoms with Crippen molar-refractivity contribution in [3.63, 3.8) is 0 Å². The summed E-state index contributed by atoms with van der Waals surface area (Å²) in [7, 11) is 0. The monoisotopic (exact) mass is 470 g/mol. The van der Waals surface area contributed by atoms with Gasteiger partial charge >= 0.3 is 6.18 Å². The van der Waals surface area contributed by atoms with Crippen LogP contribution < -0.4 is 10.2 Å². The number of nitrogens with zero attached hydrogens (tertiary/aromatic N) is 3. The number of halogens is 5. The molecule has 1 fully saturated rings. The molecule has 0 bridgehead atoms. The highest BCUT2D eigenvalue weighted by Gasteiger charge is 2.32. The van der Waals surface area contributed by atoms with Crippen LogP contribution in [-0.4, -0.2) is 42.4 Å². The number of hydrogen-bond acceptors (Lipinski definition) is 5. The van der Waals surface area contributed by atoms with Crippen molar-refractivity contribution < 1.29 is 22.7 Å². The molecule has 1 aliphatic rings. The van der Waals surface area contributed by atoms with Gasteiger partial charge in [-0.2, -0.15) is 13.2 Å². The lowest BCUT2D eigenvalue weighted by Gasteiger charge is -2.31. The van der Waals surface area contributed by atoms with Crippen LogP contribution in [-0.2, 0) is 10.9 Å². The number of ether oxygens (including phenoxy) is 1. The molecule has 0 atom stereocenters. The number of carbonyl (C=O) groups excluding carboxylic acids is 1. The van der Waals surface area contributed by atoms with Crippen molar-refractivity contribution >= 4 is 51.3 Å². The number of morpholine rings is 1. The summed E-state index contributed by atoms with van der Waals surface area (Å²) in [6.07, 6.45) is -4.55. The van der Waals surface area contributed by atoms with E-state index in [0.717, 1.165) is 12.1 Å². The number of fused-ring (bicyclic) bond motifs is 1. The average molecular weight is 471 g/mol. The van der Waals surface area contributed by atoms with Crippen LogP contribution in [0.25, 0.3) is 10.8 Å². The van der Waals surface area contributed by atoms with Crippen molar-refractivity contribution in [2.45, 2.75) is 6.18 Å². The van der Waals surface area contributed by atoms with Crippen LogP contribution in [0.2, 0.25) is 10.3 Å². The van der Waals surface area contributed by atoms with E-state index in [4.69, 9.17) is 27.9 Å². The number of rotatable bonds is 3. The standard InChI is InChI=1S/C20H15Cl2F3N4O2/c21-17-13-3-1-11(9-14(13)18(22)28-27-17)19(30)26-15-10-12(20(23,24)25)2-4-16(15)29-5-7-31-8-6-29/h1-4,9-10H,5-8H2,(H,26,30). The van der Waals surface area contributed by atoms with Gasteiger partial charge in [0.15, 0.2) is 10.3 Å². The van der Waals surface area contributed by atoms with E-state index < -0.39 is 17.6 Å². The first-order valence-electron chi connectivity index (χ1n) is 9.21. The average Bonchev–Trinajstić information content (AvgIpc) is 2.76. The number of aromatic nitrogens is 2. The lowest BCUT2D eigenvalue weighted by molar-refractivity contribution is -0.137. The van der Waals surface area contributed by atoms with E-state index in [1.165, 1.54) is 18.2 Å². The molecule has 0 unspecified atom stereocenters. The second kappa shape index (κ2) is 8.49. The lowest BCUT2D eigenvalue weighted by Crippen LogP contribution is -2.36. The molecule has 0 saturated carbocycles. The van der Waals surface area contributed by atoms with Crippen molar-refractivity contribution in [1.29, 1.82) is 0 Å². The number of anilines is 2. The predicted octanol–water partition coefficient (Wildman–Crippen LogP) is 5.04. The minimum atomic E-state index is -4.55. The largest absolute Gasteiger partial charge is 0.416 e. The van der Waals surface area contributed by atoms with E-state index in [2.05, 4.69) is 15.5 Å². The van der Waals surface area contributed by atoms with E-state index >= 15 is 0 Å². The van der Waals surface area contributed by atoms with Gasteiger partial charge in [0, 0.05) is 29.4 Å². The number of hydrogen-bond donors (Lipinski definition) is 1. The van der Waals surface area contributed by atoms with Crippen LogP contribution >= 0.6 is 23.2 Å². The fraction of sp³-hybridized carbons (Fsp3) is 0.250. The summed E-state index contributed by atoms with van der Waals surface area (Å²) in [5, 5.41) is 11.1. The summed E-state index contributed by atoms with van der Waals surface area (Å²) in [5.74, 6) is -0.597. The molecule has 1 aliphatic heterocycles. The number of benzene rings is 2. The first-order valence-corrected chi connectivity index (χ1v) is 9.96. The number of carbonyl (C=O) groups is 1. The summed E-state index contributed by atoms with van der Waals surface area (Å²) < 4.78 is 45.1. The topological polar surface area (TPSA) is 67.4 Å². The second-order valence-electron chi connectivity index (χ2n) is 6.83. The molecule has 2 heterocycles. The van der Waals surface area contributed by atoms with Gasteiger partial charge in [0.25, 0.3) is 5.91 Å². The molecule has 162 valence electrons. The van der Waals surface area contributed by atoms with Crippen molar-refractivity contribution in [1.82, 2.24) is 10.2 Å². The molecule has 1 saturated heterocycles. The van der Waals surface area contributed by atoms with Crippen LogP contribution in [0.4, 0.5) is 24.5 Å². The zero-order valence-electron chi connectivity index (χ0n) is 15.8. The molecular weight excluding hydrogens is 456 g/mol. The molecule has 2 aromatic carbocycles. The van der Waals surface area contributed by atoms with Gasteiger partial charge in [-0.25, -0.2) is 0 Å². The molecular formula is C20H15Cl2F3N4O2. The quantitative estimate of drug-likeness (QED) is 0.580. The van der Waals surface area contributed by atoms with E-state index in [9.17, 15) is 18.0 Å². The zero-order valence-corrected chi connectivity index (χ0v) is 17.4. The van der Waals surface area contributed by atoms with Gasteiger partial charge in [-0.3, -0.25) is 4.79 Å². The molecule has 0 spiro atoms. The third-order valence-corrected chi connectivity index (χ3v) is 5.43. The summed E-state index contributed by atoms with van der Waals surface area (Å²) in [4.78, 5) is 14.8. The second-order valence-corrected chi connectivity index (χ2v) is 7.54. The van der Waals surface area contributed by atoms with Crippen LogP contribution in [0, 0.1) is 0 Å². The fourth-order valence-corrected chi connectivity index (χ4v) is 3.72. The summed E-state index contributed by atoms with van der Waals surface area (Å²) in [5.41, 5.74) is -0.136. The smallest absolute Gasteiger partial charge is 0.378 e. The molecule has 4 rings (SSSR count). The first-order chi connectivity index (χ1) is 14.7. The van der Waals surface area contributed by atoms with E-state index in [-0.39, 0.29) is 21.6 Å². The normalized spacial score (nSPS) is 14.7. The van der Waals surface area contributed by atoms with Gasteiger partial charge in [-0.05, 0) is 30.3 Å². The minimum absolute atomic E-state index is 0.0544. The van der Waals surface area contributed by atoms with Crippen LogP contribution in [0.1, 0.15) is 15.9 Å². The maximum absolute atomic E-state index is 13.3. The fourth-order valence-electron chi connectivity index (χ4n) is 3.32.